The van der Waals surface area contributed by atoms with Gasteiger partial charge >= 0.3 is 11.9 Å². The van der Waals surface area contributed by atoms with Crippen molar-refractivity contribution in [2.45, 2.75) is 13.3 Å². The van der Waals surface area contributed by atoms with Crippen LogP contribution in [0.15, 0.2) is 0 Å². The molecule has 0 amide bonds. The Bertz CT molecular complexity index is 245. The lowest BCUT2D eigenvalue weighted by Gasteiger charge is -2.04. The van der Waals surface area contributed by atoms with Crippen LogP contribution in [0.4, 0.5) is 0 Å². The van der Waals surface area contributed by atoms with E-state index in [1.165, 1.54) is 0 Å². The Morgan fingerprint density at radius 2 is 1.93 bits per heavy atom. The van der Waals surface area contributed by atoms with E-state index in [9.17, 15) is 9.59 Å². The van der Waals surface area contributed by atoms with Gasteiger partial charge in [-0.1, -0.05) is 0 Å². The minimum Gasteiger partial charge on any atom is -0.461 e. The van der Waals surface area contributed by atoms with Crippen molar-refractivity contribution in [1.29, 1.82) is 5.26 Å². The molecule has 0 aliphatic rings. The fraction of sp³-hybridized carbons (Fsp3) is 0.667. The Kier molecular flexibility index (Phi) is 8.00. The molecular weight excluding hydrogens is 202 g/mol. The van der Waals surface area contributed by atoms with E-state index in [1.807, 2.05) is 6.92 Å². The van der Waals surface area contributed by atoms with E-state index >= 15 is 0 Å². The van der Waals surface area contributed by atoms with Gasteiger partial charge in [-0.25, -0.2) is 4.79 Å². The molecule has 0 saturated heterocycles. The van der Waals surface area contributed by atoms with Crippen LogP contribution in [0.3, 0.4) is 0 Å². The Morgan fingerprint density at radius 1 is 1.20 bits per heavy atom. The molecule has 0 aliphatic carbocycles. The Balaban J connectivity index is 3.41. The molecule has 0 aromatic heterocycles. The summed E-state index contributed by atoms with van der Waals surface area (Å²) in [5.74, 6) is -1.39. The van der Waals surface area contributed by atoms with E-state index < -0.39 is 18.5 Å². The second-order valence-corrected chi connectivity index (χ2v) is 2.41. The van der Waals surface area contributed by atoms with Crippen LogP contribution in [0.25, 0.3) is 0 Å². The topological polar surface area (TPSA) is 85.6 Å². The number of ether oxygens (including phenoxy) is 3. The summed E-state index contributed by atoms with van der Waals surface area (Å²) < 4.78 is 14.0. The van der Waals surface area contributed by atoms with E-state index in [1.54, 1.807) is 6.07 Å². The van der Waals surface area contributed by atoms with Gasteiger partial charge in [-0.05, 0) is 6.92 Å². The summed E-state index contributed by atoms with van der Waals surface area (Å²) in [4.78, 5) is 21.5. The molecule has 0 bridgehead atoms. The average molecular weight is 215 g/mol. The molecule has 0 atom stereocenters. The molecule has 0 radical (unpaired) electrons. The van der Waals surface area contributed by atoms with Crippen molar-refractivity contribution in [3.05, 3.63) is 0 Å². The highest BCUT2D eigenvalue weighted by atomic mass is 16.6. The minimum atomic E-state index is -0.737. The molecule has 0 aromatic rings. The predicted octanol–water partition coefficient (Wildman–Crippen LogP) is 0.0230. The fourth-order valence-corrected chi connectivity index (χ4v) is 0.655. The van der Waals surface area contributed by atoms with Crippen molar-refractivity contribution in [1.82, 2.24) is 0 Å². The summed E-state index contributed by atoms with van der Waals surface area (Å²) in [6.07, 6.45) is -0.369. The van der Waals surface area contributed by atoms with E-state index in [4.69, 9.17) is 10.00 Å². The first-order valence-corrected chi connectivity index (χ1v) is 4.46. The van der Waals surface area contributed by atoms with Crippen molar-refractivity contribution in [2.24, 2.45) is 0 Å². The highest BCUT2D eigenvalue weighted by Crippen LogP contribution is 1.87. The molecule has 6 nitrogen and oxygen atoms in total. The Morgan fingerprint density at radius 3 is 2.53 bits per heavy atom. The first-order valence-electron chi connectivity index (χ1n) is 4.46. The Labute approximate surface area is 87.7 Å². The van der Waals surface area contributed by atoms with Gasteiger partial charge in [0.1, 0.15) is 13.0 Å². The summed E-state index contributed by atoms with van der Waals surface area (Å²) in [5, 5.41) is 8.12. The maximum absolute atomic E-state index is 10.9. The van der Waals surface area contributed by atoms with E-state index in [-0.39, 0.29) is 13.0 Å². The zero-order chi connectivity index (χ0) is 11.5. The highest BCUT2D eigenvalue weighted by Gasteiger charge is 2.07. The van der Waals surface area contributed by atoms with E-state index in [2.05, 4.69) is 9.47 Å². The van der Waals surface area contributed by atoms with Gasteiger partial charge in [0.2, 0.25) is 0 Å². The van der Waals surface area contributed by atoms with Crippen LogP contribution in [0.1, 0.15) is 13.3 Å². The van der Waals surface area contributed by atoms with Gasteiger partial charge in [-0.3, -0.25) is 4.79 Å². The number of carbonyl (C=O) groups is 2. The van der Waals surface area contributed by atoms with Crippen molar-refractivity contribution in [3.63, 3.8) is 0 Å². The molecule has 0 unspecified atom stereocenters. The van der Waals surface area contributed by atoms with Crippen molar-refractivity contribution < 1.29 is 23.8 Å². The summed E-state index contributed by atoms with van der Waals surface area (Å²) in [6, 6.07) is 1.60. The molecule has 84 valence electrons. The first kappa shape index (κ1) is 13.4. The second kappa shape index (κ2) is 8.97. The van der Waals surface area contributed by atoms with Gasteiger partial charge in [0.15, 0.2) is 6.61 Å². The van der Waals surface area contributed by atoms with Crippen LogP contribution in [0.5, 0.6) is 0 Å². The maximum Gasteiger partial charge on any atom is 0.344 e. The number of hydrogen-bond acceptors (Lipinski definition) is 6. The second-order valence-electron chi connectivity index (χ2n) is 2.41. The van der Waals surface area contributed by atoms with Gasteiger partial charge in [0.25, 0.3) is 0 Å². The SMILES string of the molecule is CCOCCOC(=O)COC(=O)CC#N. The van der Waals surface area contributed by atoms with Crippen LogP contribution in [0.2, 0.25) is 0 Å². The van der Waals surface area contributed by atoms with Gasteiger partial charge < -0.3 is 14.2 Å². The van der Waals surface area contributed by atoms with Crippen molar-refractivity contribution in [2.75, 3.05) is 26.4 Å². The predicted molar refractivity (Wildman–Crippen MR) is 48.6 cm³/mol. The van der Waals surface area contributed by atoms with Gasteiger partial charge in [0, 0.05) is 6.61 Å². The zero-order valence-corrected chi connectivity index (χ0v) is 8.52. The molecule has 0 saturated carbocycles. The van der Waals surface area contributed by atoms with E-state index in [0.29, 0.717) is 13.2 Å². The number of nitriles is 1. The molecule has 0 rings (SSSR count). The Hall–Kier alpha value is -1.61. The van der Waals surface area contributed by atoms with Crippen LogP contribution in [-0.4, -0.2) is 38.4 Å². The van der Waals surface area contributed by atoms with Gasteiger partial charge in [-0.2, -0.15) is 5.26 Å². The molecule has 0 N–H and O–H groups in total. The molecule has 15 heavy (non-hydrogen) atoms. The van der Waals surface area contributed by atoms with Crippen LogP contribution in [0, 0.1) is 11.3 Å². The number of nitrogens with zero attached hydrogens (tertiary/aromatic N) is 1. The summed E-state index contributed by atoms with van der Waals surface area (Å²) in [7, 11) is 0. The van der Waals surface area contributed by atoms with E-state index in [0.717, 1.165) is 0 Å². The molecule has 0 aromatic carbocycles. The third-order valence-corrected chi connectivity index (χ3v) is 1.27. The number of carbonyl (C=O) groups excluding carboxylic acids is 2. The molecule has 0 heterocycles. The molecular formula is C9H13NO5. The summed E-state index contributed by atoms with van der Waals surface area (Å²) in [5.41, 5.74) is 0. The monoisotopic (exact) mass is 215 g/mol. The molecule has 6 heteroatoms. The molecule has 0 fully saturated rings. The lowest BCUT2D eigenvalue weighted by atomic mass is 10.5. The number of esters is 2. The number of rotatable bonds is 7. The third kappa shape index (κ3) is 8.71. The lowest BCUT2D eigenvalue weighted by Crippen LogP contribution is -2.18. The third-order valence-electron chi connectivity index (χ3n) is 1.27. The quantitative estimate of drug-likeness (QED) is 0.439. The summed E-state index contributed by atoms with van der Waals surface area (Å²) >= 11 is 0. The van der Waals surface area contributed by atoms with Gasteiger partial charge in [-0.15, -0.1) is 0 Å². The summed E-state index contributed by atoms with van der Waals surface area (Å²) in [6.45, 7) is 2.35. The number of hydrogen-bond donors (Lipinski definition) is 0. The maximum atomic E-state index is 10.9. The standard InChI is InChI=1S/C9H13NO5/c1-2-13-5-6-14-9(12)7-15-8(11)3-4-10/h2-3,5-7H2,1H3. The van der Waals surface area contributed by atoms with Crippen LogP contribution in [-0.2, 0) is 23.8 Å². The highest BCUT2D eigenvalue weighted by molar-refractivity contribution is 5.77. The minimum absolute atomic E-state index is 0.127. The lowest BCUT2D eigenvalue weighted by molar-refractivity contribution is -0.159. The molecule has 0 aliphatic heterocycles. The smallest absolute Gasteiger partial charge is 0.344 e. The largest absolute Gasteiger partial charge is 0.461 e. The van der Waals surface area contributed by atoms with Crippen LogP contribution < -0.4 is 0 Å². The van der Waals surface area contributed by atoms with Gasteiger partial charge in [0.05, 0.1) is 12.7 Å². The van der Waals surface area contributed by atoms with Crippen molar-refractivity contribution >= 4 is 11.9 Å². The fourth-order valence-electron chi connectivity index (χ4n) is 0.655. The molecule has 0 spiro atoms. The zero-order valence-electron chi connectivity index (χ0n) is 8.52. The average Bonchev–Trinajstić information content (AvgIpc) is 2.22. The van der Waals surface area contributed by atoms with Crippen molar-refractivity contribution in [3.8, 4) is 6.07 Å². The normalized spacial score (nSPS) is 9.07. The van der Waals surface area contributed by atoms with Crippen LogP contribution >= 0.6 is 0 Å². The first-order chi connectivity index (χ1) is 7.20.